The quantitative estimate of drug-likeness (QED) is 0.885. The zero-order valence-electron chi connectivity index (χ0n) is 11.6. The molecule has 1 aliphatic heterocycles. The number of nitrogens with zero attached hydrogens (tertiary/aromatic N) is 1. The van der Waals surface area contributed by atoms with Gasteiger partial charge in [-0.25, -0.2) is 0 Å². The van der Waals surface area contributed by atoms with E-state index < -0.39 is 0 Å². The first-order valence-corrected chi connectivity index (χ1v) is 8.22. The van der Waals surface area contributed by atoms with Crippen LogP contribution in [0.2, 0.25) is 5.02 Å². The van der Waals surface area contributed by atoms with E-state index in [-0.39, 0.29) is 0 Å². The van der Waals surface area contributed by atoms with Gasteiger partial charge in [0, 0.05) is 41.2 Å². The summed E-state index contributed by atoms with van der Waals surface area (Å²) >= 11 is 9.84. The number of hydrogen-bond donors (Lipinski definition) is 1. The molecule has 0 amide bonds. The van der Waals surface area contributed by atoms with Gasteiger partial charge in [-0.2, -0.15) is 0 Å². The molecule has 2 rings (SSSR count). The van der Waals surface area contributed by atoms with E-state index >= 15 is 0 Å². The van der Waals surface area contributed by atoms with Crippen molar-refractivity contribution in [1.82, 2.24) is 10.2 Å². The summed E-state index contributed by atoms with van der Waals surface area (Å²) in [7, 11) is 0. The molecule has 1 aromatic rings. The molecule has 0 radical (unpaired) electrons. The summed E-state index contributed by atoms with van der Waals surface area (Å²) in [5.41, 5.74) is 1.21. The second-order valence-electron chi connectivity index (χ2n) is 5.24. The number of rotatable bonds is 4. The van der Waals surface area contributed by atoms with Crippen LogP contribution in [0.5, 0.6) is 0 Å². The van der Waals surface area contributed by atoms with Crippen LogP contribution in [0, 0.1) is 0 Å². The fourth-order valence-corrected chi connectivity index (χ4v) is 3.27. The van der Waals surface area contributed by atoms with Gasteiger partial charge in [0.25, 0.3) is 0 Å². The van der Waals surface area contributed by atoms with Crippen LogP contribution in [0.3, 0.4) is 0 Å². The van der Waals surface area contributed by atoms with E-state index in [1.165, 1.54) is 18.4 Å². The lowest BCUT2D eigenvalue weighted by Gasteiger charge is -2.40. The minimum absolute atomic E-state index is 0.605. The lowest BCUT2D eigenvalue weighted by Crippen LogP contribution is -2.55. The van der Waals surface area contributed by atoms with Crippen molar-refractivity contribution in [2.24, 2.45) is 0 Å². The molecule has 2 atom stereocenters. The van der Waals surface area contributed by atoms with Crippen molar-refractivity contribution < 1.29 is 0 Å². The number of piperazine rings is 1. The highest BCUT2D eigenvalue weighted by Gasteiger charge is 2.26. The van der Waals surface area contributed by atoms with Gasteiger partial charge in [0.05, 0.1) is 0 Å². The van der Waals surface area contributed by atoms with E-state index in [1.807, 2.05) is 12.1 Å². The minimum atomic E-state index is 0.605. The Bertz CT molecular complexity index is 425. The lowest BCUT2D eigenvalue weighted by molar-refractivity contribution is 0.117. The standard InChI is InChI=1S/C15H22BrClN2/c1-3-13-10-19(14(4-2)8-18-13)9-11-7-12(16)5-6-15(11)17/h5-7,13-14,18H,3-4,8-10H2,1-2H3. The zero-order valence-corrected chi connectivity index (χ0v) is 14.0. The molecule has 0 bridgehead atoms. The highest BCUT2D eigenvalue weighted by molar-refractivity contribution is 9.10. The predicted octanol–water partition coefficient (Wildman–Crippen LogP) is 4.06. The summed E-state index contributed by atoms with van der Waals surface area (Å²) in [6, 6.07) is 7.32. The van der Waals surface area contributed by atoms with Gasteiger partial charge in [-0.3, -0.25) is 4.90 Å². The molecule has 106 valence electrons. The van der Waals surface area contributed by atoms with E-state index in [2.05, 4.69) is 46.1 Å². The first kappa shape index (κ1) is 15.3. The van der Waals surface area contributed by atoms with Gasteiger partial charge in [-0.15, -0.1) is 0 Å². The second-order valence-corrected chi connectivity index (χ2v) is 6.56. The van der Waals surface area contributed by atoms with Crippen LogP contribution in [-0.4, -0.2) is 30.1 Å². The molecule has 1 aliphatic rings. The molecule has 1 saturated heterocycles. The van der Waals surface area contributed by atoms with Gasteiger partial charge in [0.1, 0.15) is 0 Å². The fourth-order valence-electron chi connectivity index (χ4n) is 2.68. The van der Waals surface area contributed by atoms with Crippen LogP contribution in [0.4, 0.5) is 0 Å². The van der Waals surface area contributed by atoms with Gasteiger partial charge in [-0.1, -0.05) is 41.4 Å². The lowest BCUT2D eigenvalue weighted by atomic mass is 10.0. The zero-order chi connectivity index (χ0) is 13.8. The molecule has 2 unspecified atom stereocenters. The van der Waals surface area contributed by atoms with Gasteiger partial charge < -0.3 is 5.32 Å². The summed E-state index contributed by atoms with van der Waals surface area (Å²) in [6.45, 7) is 7.63. The van der Waals surface area contributed by atoms with Gasteiger partial charge in [0.15, 0.2) is 0 Å². The van der Waals surface area contributed by atoms with E-state index in [1.54, 1.807) is 0 Å². The Morgan fingerprint density at radius 3 is 2.84 bits per heavy atom. The van der Waals surface area contributed by atoms with Crippen molar-refractivity contribution in [3.05, 3.63) is 33.3 Å². The molecule has 1 fully saturated rings. The Balaban J connectivity index is 2.11. The second kappa shape index (κ2) is 7.07. The van der Waals surface area contributed by atoms with Crippen LogP contribution in [-0.2, 0) is 6.54 Å². The monoisotopic (exact) mass is 344 g/mol. The minimum Gasteiger partial charge on any atom is -0.311 e. The largest absolute Gasteiger partial charge is 0.311 e. The Labute approximate surface area is 129 Å². The maximum absolute atomic E-state index is 6.31. The topological polar surface area (TPSA) is 15.3 Å². The van der Waals surface area contributed by atoms with Crippen molar-refractivity contribution >= 4 is 27.5 Å². The molecule has 1 heterocycles. The average molecular weight is 346 g/mol. The van der Waals surface area contributed by atoms with Crippen LogP contribution in [0.15, 0.2) is 22.7 Å². The summed E-state index contributed by atoms with van der Waals surface area (Å²) in [4.78, 5) is 2.57. The number of benzene rings is 1. The third-order valence-electron chi connectivity index (χ3n) is 3.96. The maximum Gasteiger partial charge on any atom is 0.0451 e. The molecule has 0 saturated carbocycles. The van der Waals surface area contributed by atoms with Gasteiger partial charge in [-0.05, 0) is 36.6 Å². The van der Waals surface area contributed by atoms with E-state index in [9.17, 15) is 0 Å². The number of hydrogen-bond acceptors (Lipinski definition) is 2. The molecule has 4 heteroatoms. The van der Waals surface area contributed by atoms with Crippen molar-refractivity contribution in [3.63, 3.8) is 0 Å². The van der Waals surface area contributed by atoms with Gasteiger partial charge >= 0.3 is 0 Å². The van der Waals surface area contributed by atoms with E-state index in [0.29, 0.717) is 12.1 Å². The maximum atomic E-state index is 6.31. The Kier molecular flexibility index (Phi) is 5.70. The first-order chi connectivity index (χ1) is 9.13. The van der Waals surface area contributed by atoms with Crippen molar-refractivity contribution in [1.29, 1.82) is 0 Å². The molecule has 0 aromatic heterocycles. The van der Waals surface area contributed by atoms with Crippen LogP contribution in [0.1, 0.15) is 32.3 Å². The summed E-state index contributed by atoms with van der Waals surface area (Å²) in [6.07, 6.45) is 2.36. The molecule has 1 N–H and O–H groups in total. The van der Waals surface area contributed by atoms with Crippen LogP contribution >= 0.6 is 27.5 Å². The number of halogens is 2. The first-order valence-electron chi connectivity index (χ1n) is 7.05. The molecule has 2 nitrogen and oxygen atoms in total. The molecule has 1 aromatic carbocycles. The smallest absolute Gasteiger partial charge is 0.0451 e. The van der Waals surface area contributed by atoms with E-state index in [0.717, 1.165) is 29.1 Å². The Morgan fingerprint density at radius 1 is 1.37 bits per heavy atom. The Morgan fingerprint density at radius 2 is 2.16 bits per heavy atom. The molecule has 19 heavy (non-hydrogen) atoms. The van der Waals surface area contributed by atoms with Crippen LogP contribution in [0.25, 0.3) is 0 Å². The molecular formula is C15H22BrClN2. The molecule has 0 aliphatic carbocycles. The van der Waals surface area contributed by atoms with Crippen LogP contribution < -0.4 is 5.32 Å². The van der Waals surface area contributed by atoms with Gasteiger partial charge in [0.2, 0.25) is 0 Å². The predicted molar refractivity (Wildman–Crippen MR) is 85.7 cm³/mol. The average Bonchev–Trinajstić information content (AvgIpc) is 2.42. The Hall–Kier alpha value is -0.0900. The SMILES string of the molecule is CCC1CN(Cc2cc(Br)ccc2Cl)C(CC)CN1. The molecule has 0 spiro atoms. The van der Waals surface area contributed by atoms with E-state index in [4.69, 9.17) is 11.6 Å². The third kappa shape index (κ3) is 3.94. The summed E-state index contributed by atoms with van der Waals surface area (Å²) < 4.78 is 1.10. The summed E-state index contributed by atoms with van der Waals surface area (Å²) in [5, 5.41) is 4.49. The highest BCUT2D eigenvalue weighted by atomic mass is 79.9. The fraction of sp³-hybridized carbons (Fsp3) is 0.600. The molecular weight excluding hydrogens is 324 g/mol. The number of nitrogens with one attached hydrogen (secondary N) is 1. The normalized spacial score (nSPS) is 24.6. The highest BCUT2D eigenvalue weighted by Crippen LogP contribution is 2.24. The van der Waals surface area contributed by atoms with Crippen molar-refractivity contribution in [3.8, 4) is 0 Å². The van der Waals surface area contributed by atoms with Crippen molar-refractivity contribution in [2.75, 3.05) is 13.1 Å². The third-order valence-corrected chi connectivity index (χ3v) is 4.82. The summed E-state index contributed by atoms with van der Waals surface area (Å²) in [5.74, 6) is 0. The van der Waals surface area contributed by atoms with Crippen molar-refractivity contribution in [2.45, 2.75) is 45.3 Å².